The zero-order valence-corrected chi connectivity index (χ0v) is 19.7. The SMILES string of the molecule is Cc1cn(-c2ccc3n(c2=O)CCN(C[C@@H]2CC[C@H](c4ccc(C(F)(F)C(F)(F)F)cc4)O2)C3=O)cn1. The maximum atomic E-state index is 13.6. The van der Waals surface area contributed by atoms with Crippen LogP contribution in [0.2, 0.25) is 0 Å². The molecule has 4 heterocycles. The molecule has 7 nitrogen and oxygen atoms in total. The molecule has 0 saturated carbocycles. The van der Waals surface area contributed by atoms with Crippen molar-refractivity contribution < 1.29 is 31.5 Å². The maximum absolute atomic E-state index is 13.6. The first kappa shape index (κ1) is 25.1. The smallest absolute Gasteiger partial charge is 0.368 e. The lowest BCUT2D eigenvalue weighted by Crippen LogP contribution is -2.47. The largest absolute Gasteiger partial charge is 0.458 e. The fraction of sp³-hybridized carbons (Fsp3) is 0.400. The number of benzene rings is 1. The Morgan fingerprint density at radius 2 is 1.73 bits per heavy atom. The van der Waals surface area contributed by atoms with Crippen LogP contribution in [0, 0.1) is 6.92 Å². The van der Waals surface area contributed by atoms with Crippen LogP contribution >= 0.6 is 0 Å². The van der Waals surface area contributed by atoms with Gasteiger partial charge in [-0.25, -0.2) is 4.98 Å². The lowest BCUT2D eigenvalue weighted by molar-refractivity contribution is -0.289. The maximum Gasteiger partial charge on any atom is 0.458 e. The van der Waals surface area contributed by atoms with Crippen molar-refractivity contribution in [3.05, 3.63) is 81.8 Å². The van der Waals surface area contributed by atoms with E-state index in [1.165, 1.54) is 16.7 Å². The molecule has 1 aromatic carbocycles. The number of alkyl halides is 5. The molecule has 1 saturated heterocycles. The minimum absolute atomic E-state index is 0.271. The third-order valence-corrected chi connectivity index (χ3v) is 6.78. The van der Waals surface area contributed by atoms with Gasteiger partial charge in [0.25, 0.3) is 11.5 Å². The number of rotatable bonds is 5. The van der Waals surface area contributed by atoms with E-state index in [9.17, 15) is 31.5 Å². The Balaban J connectivity index is 1.25. The molecule has 0 unspecified atom stereocenters. The second-order valence-electron chi connectivity index (χ2n) is 9.25. The zero-order valence-electron chi connectivity index (χ0n) is 19.7. The van der Waals surface area contributed by atoms with Crippen LogP contribution in [0.25, 0.3) is 5.69 Å². The molecule has 1 fully saturated rings. The number of nitrogens with zero attached hydrogens (tertiary/aromatic N) is 4. The lowest BCUT2D eigenvalue weighted by atomic mass is 10.0. The van der Waals surface area contributed by atoms with Crippen LogP contribution < -0.4 is 5.56 Å². The van der Waals surface area contributed by atoms with E-state index < -0.39 is 23.8 Å². The van der Waals surface area contributed by atoms with Crippen LogP contribution in [0.3, 0.4) is 0 Å². The molecule has 37 heavy (non-hydrogen) atoms. The number of carbonyl (C=O) groups excluding carboxylic acids is 1. The van der Waals surface area contributed by atoms with Crippen LogP contribution in [-0.2, 0) is 17.2 Å². The first-order valence-corrected chi connectivity index (χ1v) is 11.7. The molecule has 12 heteroatoms. The summed E-state index contributed by atoms with van der Waals surface area (Å²) in [5.41, 5.74) is 0.499. The van der Waals surface area contributed by atoms with Gasteiger partial charge in [0.05, 0.1) is 24.2 Å². The minimum Gasteiger partial charge on any atom is -0.368 e. The summed E-state index contributed by atoms with van der Waals surface area (Å²) in [6, 6.07) is 7.16. The van der Waals surface area contributed by atoms with Crippen molar-refractivity contribution in [2.45, 2.75) is 50.6 Å². The Hall–Kier alpha value is -3.54. The van der Waals surface area contributed by atoms with Gasteiger partial charge in [-0.2, -0.15) is 22.0 Å². The third kappa shape index (κ3) is 4.54. The zero-order chi connectivity index (χ0) is 26.5. The van der Waals surface area contributed by atoms with E-state index in [1.807, 2.05) is 6.92 Å². The third-order valence-electron chi connectivity index (χ3n) is 6.78. The highest BCUT2D eigenvalue weighted by Gasteiger charge is 2.58. The normalized spacial score (nSPS) is 20.4. The highest BCUT2D eigenvalue weighted by atomic mass is 19.4. The Kier molecular flexibility index (Phi) is 6.17. The van der Waals surface area contributed by atoms with E-state index in [1.54, 1.807) is 34.1 Å². The Labute approximate surface area is 208 Å². The molecule has 0 spiro atoms. The fourth-order valence-corrected chi connectivity index (χ4v) is 4.79. The average molecular weight is 522 g/mol. The molecule has 0 aliphatic carbocycles. The molecule has 0 bridgehead atoms. The highest BCUT2D eigenvalue weighted by Crippen LogP contribution is 2.44. The van der Waals surface area contributed by atoms with E-state index in [-0.39, 0.29) is 29.8 Å². The Morgan fingerprint density at radius 3 is 2.38 bits per heavy atom. The number of fused-ring (bicyclic) bond motifs is 1. The van der Waals surface area contributed by atoms with E-state index in [4.69, 9.17) is 4.74 Å². The lowest BCUT2D eigenvalue weighted by Gasteiger charge is -2.31. The van der Waals surface area contributed by atoms with Crippen molar-refractivity contribution in [2.75, 3.05) is 13.1 Å². The number of aromatic nitrogens is 3. The fourth-order valence-electron chi connectivity index (χ4n) is 4.79. The number of pyridine rings is 1. The van der Waals surface area contributed by atoms with Crippen molar-refractivity contribution in [2.24, 2.45) is 0 Å². The van der Waals surface area contributed by atoms with Crippen LogP contribution in [-0.4, -0.2) is 50.3 Å². The number of halogens is 5. The summed E-state index contributed by atoms with van der Waals surface area (Å²) in [5.74, 6) is -5.24. The van der Waals surface area contributed by atoms with E-state index >= 15 is 0 Å². The minimum atomic E-state index is -5.67. The topological polar surface area (TPSA) is 69.4 Å². The molecule has 2 aliphatic heterocycles. The molecule has 196 valence electrons. The van der Waals surface area contributed by atoms with Gasteiger partial charge < -0.3 is 18.8 Å². The second kappa shape index (κ2) is 9.09. The van der Waals surface area contributed by atoms with Crippen LogP contribution in [0.4, 0.5) is 22.0 Å². The standard InChI is InChI=1S/C25H23F5N4O3/c1-15-12-33(14-31-15)19-7-8-20-22(35)32(10-11-34(20)23(19)36)13-18-6-9-21(37-18)16-2-4-17(5-3-16)24(26,27)25(28,29)30/h2-5,7-8,12,14,18,21H,6,9-11,13H2,1H3/t18-,21+/m0/s1. The molecular weight excluding hydrogens is 499 g/mol. The molecule has 1 amide bonds. The number of ether oxygens (including phenoxy) is 1. The predicted octanol–water partition coefficient (Wildman–Crippen LogP) is 4.37. The quantitative estimate of drug-likeness (QED) is 0.467. The highest BCUT2D eigenvalue weighted by molar-refractivity contribution is 5.93. The second-order valence-corrected chi connectivity index (χ2v) is 9.25. The van der Waals surface area contributed by atoms with Gasteiger partial charge in [-0.15, -0.1) is 0 Å². The van der Waals surface area contributed by atoms with Gasteiger partial charge in [0.2, 0.25) is 0 Å². The monoisotopic (exact) mass is 522 g/mol. The van der Waals surface area contributed by atoms with Crippen molar-refractivity contribution in [3.8, 4) is 5.69 Å². The first-order chi connectivity index (χ1) is 17.5. The predicted molar refractivity (Wildman–Crippen MR) is 122 cm³/mol. The summed E-state index contributed by atoms with van der Waals surface area (Å²) in [5, 5.41) is 0. The average Bonchev–Trinajstić information content (AvgIpc) is 3.50. The van der Waals surface area contributed by atoms with Crippen LogP contribution in [0.5, 0.6) is 0 Å². The Bertz CT molecular complexity index is 1380. The van der Waals surface area contributed by atoms with E-state index in [0.717, 1.165) is 17.8 Å². The summed E-state index contributed by atoms with van der Waals surface area (Å²) in [6.45, 7) is 2.71. The van der Waals surface area contributed by atoms with Gasteiger partial charge in [-0.05, 0) is 37.5 Å². The molecule has 2 atom stereocenters. The van der Waals surface area contributed by atoms with Gasteiger partial charge in [0, 0.05) is 31.4 Å². The molecule has 2 aromatic heterocycles. The number of amides is 1. The van der Waals surface area contributed by atoms with Crippen molar-refractivity contribution in [1.82, 2.24) is 19.0 Å². The van der Waals surface area contributed by atoms with Crippen LogP contribution in [0.1, 0.15) is 46.3 Å². The summed E-state index contributed by atoms with van der Waals surface area (Å²) in [4.78, 5) is 31.8. The van der Waals surface area contributed by atoms with Crippen LogP contribution in [0.15, 0.2) is 53.7 Å². The summed E-state index contributed by atoms with van der Waals surface area (Å²) < 4.78 is 74.0. The number of carbonyl (C=O) groups is 1. The van der Waals surface area contributed by atoms with E-state index in [2.05, 4.69) is 4.98 Å². The number of hydrogen-bond acceptors (Lipinski definition) is 4. The van der Waals surface area contributed by atoms with Gasteiger partial charge >= 0.3 is 12.1 Å². The molecule has 3 aromatic rings. The van der Waals surface area contributed by atoms with Gasteiger partial charge in [-0.1, -0.05) is 24.3 Å². The van der Waals surface area contributed by atoms with Crippen molar-refractivity contribution in [3.63, 3.8) is 0 Å². The molecular formula is C25H23F5N4O3. The molecule has 2 aliphatic rings. The van der Waals surface area contributed by atoms with Gasteiger partial charge in [-0.3, -0.25) is 9.59 Å². The van der Waals surface area contributed by atoms with E-state index in [0.29, 0.717) is 37.2 Å². The summed E-state index contributed by atoms with van der Waals surface area (Å²) in [7, 11) is 0. The molecule has 0 radical (unpaired) electrons. The number of aryl methyl sites for hydroxylation is 1. The van der Waals surface area contributed by atoms with Gasteiger partial charge in [0.15, 0.2) is 0 Å². The summed E-state index contributed by atoms with van der Waals surface area (Å²) in [6.07, 6.45) is -2.10. The number of imidazole rings is 1. The summed E-state index contributed by atoms with van der Waals surface area (Å²) >= 11 is 0. The Morgan fingerprint density at radius 1 is 1.00 bits per heavy atom. The number of hydrogen-bond donors (Lipinski definition) is 0. The first-order valence-electron chi connectivity index (χ1n) is 11.7. The van der Waals surface area contributed by atoms with Gasteiger partial charge in [0.1, 0.15) is 11.4 Å². The molecule has 5 rings (SSSR count). The van der Waals surface area contributed by atoms with Crippen molar-refractivity contribution in [1.29, 1.82) is 0 Å². The molecule has 0 N–H and O–H groups in total. The van der Waals surface area contributed by atoms with Crippen molar-refractivity contribution >= 4 is 5.91 Å².